The molecule has 0 bridgehead atoms. The zero-order chi connectivity index (χ0) is 58.9. The molecule has 6 atom stereocenters. The Balaban J connectivity index is 2.69. The van der Waals surface area contributed by atoms with Gasteiger partial charge in [0.15, 0.2) is 24.6 Å². The van der Waals surface area contributed by atoms with E-state index in [-0.39, 0.29) is 25.9 Å². The number of carboxylic acids is 1. The lowest BCUT2D eigenvalue weighted by Crippen LogP contribution is -2.61. The average Bonchev–Trinajstić information content (AvgIpc) is 3.54. The zero-order valence-electron chi connectivity index (χ0n) is 51.0. The lowest BCUT2D eigenvalue weighted by Gasteiger charge is -2.40. The SMILES string of the molecule is CC/C=C\C/C=C\C/C=C\C/C=C\CCC(=O)OC1C(OCC(COC(=O)CCCCCCCC/C=C\C/C=C\C/C=C\CCCCC)OC(=O)CCCCCCCCCCC/C=C\CCCCCCCC)OC(C(=O)O)C(O)C1O. The smallest absolute Gasteiger partial charge is 0.335 e. The Labute approximate surface area is 492 Å². The van der Waals surface area contributed by atoms with Gasteiger partial charge in [0.25, 0.3) is 0 Å². The number of aliphatic carboxylic acids is 1. The number of rotatable bonds is 54. The lowest BCUT2D eigenvalue weighted by atomic mass is 9.98. The molecule has 12 heteroatoms. The van der Waals surface area contributed by atoms with Crippen LogP contribution in [0.4, 0.5) is 0 Å². The largest absolute Gasteiger partial charge is 0.479 e. The van der Waals surface area contributed by atoms with E-state index in [2.05, 4.69) is 99.8 Å². The summed E-state index contributed by atoms with van der Waals surface area (Å²) in [6.45, 7) is 5.82. The number of carboxylic acid groups (broad SMARTS) is 1. The summed E-state index contributed by atoms with van der Waals surface area (Å²) in [5, 5.41) is 31.5. The van der Waals surface area contributed by atoms with Crippen LogP contribution in [-0.2, 0) is 42.9 Å². The molecule has 1 fully saturated rings. The molecule has 0 saturated carbocycles. The number of hydrogen-bond acceptors (Lipinski definition) is 11. The second-order valence-corrected chi connectivity index (χ2v) is 21.7. The van der Waals surface area contributed by atoms with Crippen LogP contribution in [-0.4, -0.2) is 89.2 Å². The van der Waals surface area contributed by atoms with Crippen LogP contribution in [0.15, 0.2) is 97.2 Å². The van der Waals surface area contributed by atoms with Crippen molar-refractivity contribution in [1.82, 2.24) is 0 Å². The predicted molar refractivity (Wildman–Crippen MR) is 331 cm³/mol. The van der Waals surface area contributed by atoms with Gasteiger partial charge in [-0.3, -0.25) is 14.4 Å². The molecular weight excluding hydrogens is 1020 g/mol. The van der Waals surface area contributed by atoms with Gasteiger partial charge in [0.1, 0.15) is 18.8 Å². The molecule has 462 valence electrons. The van der Waals surface area contributed by atoms with Gasteiger partial charge in [0, 0.05) is 19.3 Å². The van der Waals surface area contributed by atoms with Gasteiger partial charge in [-0.25, -0.2) is 4.79 Å². The Morgan fingerprint density at radius 1 is 0.420 bits per heavy atom. The zero-order valence-corrected chi connectivity index (χ0v) is 51.0. The number of aliphatic hydroxyl groups excluding tert-OH is 2. The number of allylic oxidation sites excluding steroid dienone is 16. The topological polar surface area (TPSA) is 175 Å². The summed E-state index contributed by atoms with van der Waals surface area (Å²) >= 11 is 0. The predicted octanol–water partition coefficient (Wildman–Crippen LogP) is 17.2. The Morgan fingerprint density at radius 2 is 0.802 bits per heavy atom. The van der Waals surface area contributed by atoms with Crippen molar-refractivity contribution in [2.75, 3.05) is 13.2 Å². The van der Waals surface area contributed by atoms with Crippen molar-refractivity contribution in [3.63, 3.8) is 0 Å². The molecule has 6 unspecified atom stereocenters. The highest BCUT2D eigenvalue weighted by Gasteiger charge is 2.50. The van der Waals surface area contributed by atoms with E-state index < -0.39 is 67.3 Å². The molecule has 1 aliphatic heterocycles. The third-order valence-corrected chi connectivity index (χ3v) is 14.1. The minimum Gasteiger partial charge on any atom is -0.479 e. The minimum absolute atomic E-state index is 0.0653. The van der Waals surface area contributed by atoms with Crippen molar-refractivity contribution in [1.29, 1.82) is 0 Å². The summed E-state index contributed by atoms with van der Waals surface area (Å²) in [4.78, 5) is 51.2. The van der Waals surface area contributed by atoms with Crippen molar-refractivity contribution in [3.05, 3.63) is 97.2 Å². The highest BCUT2D eigenvalue weighted by molar-refractivity contribution is 5.74. The second-order valence-electron chi connectivity index (χ2n) is 21.7. The van der Waals surface area contributed by atoms with Crippen LogP contribution in [0.25, 0.3) is 0 Å². The van der Waals surface area contributed by atoms with Crippen molar-refractivity contribution in [2.24, 2.45) is 0 Å². The van der Waals surface area contributed by atoms with Crippen LogP contribution in [0.5, 0.6) is 0 Å². The fourth-order valence-corrected chi connectivity index (χ4v) is 9.21. The number of carbonyl (C=O) groups excluding carboxylic acids is 3. The second kappa shape index (κ2) is 56.1. The van der Waals surface area contributed by atoms with Gasteiger partial charge in [-0.2, -0.15) is 0 Å². The first-order chi connectivity index (χ1) is 39.6. The van der Waals surface area contributed by atoms with E-state index in [1.54, 1.807) is 0 Å². The molecule has 1 rings (SSSR count). The molecule has 0 aromatic carbocycles. The normalized spacial score (nSPS) is 18.4. The molecule has 1 aliphatic rings. The maximum atomic E-state index is 13.2. The van der Waals surface area contributed by atoms with E-state index in [0.29, 0.717) is 25.7 Å². The first kappa shape index (κ1) is 74.7. The van der Waals surface area contributed by atoms with Crippen LogP contribution in [0.2, 0.25) is 0 Å². The Bertz CT molecular complexity index is 1780. The fourth-order valence-electron chi connectivity index (χ4n) is 9.21. The van der Waals surface area contributed by atoms with Gasteiger partial charge in [0.05, 0.1) is 6.61 Å². The maximum absolute atomic E-state index is 13.2. The summed E-state index contributed by atoms with van der Waals surface area (Å²) < 4.78 is 28.4. The molecule has 1 heterocycles. The van der Waals surface area contributed by atoms with E-state index in [0.717, 1.165) is 103 Å². The summed E-state index contributed by atoms with van der Waals surface area (Å²) in [7, 11) is 0. The van der Waals surface area contributed by atoms with E-state index in [9.17, 15) is 34.5 Å². The van der Waals surface area contributed by atoms with E-state index >= 15 is 0 Å². The third-order valence-electron chi connectivity index (χ3n) is 14.1. The fraction of sp³-hybridized carbons (Fsp3) is 0.710. The molecular formula is C69H114O12. The summed E-state index contributed by atoms with van der Waals surface area (Å²) in [6, 6.07) is 0. The van der Waals surface area contributed by atoms with Crippen LogP contribution >= 0.6 is 0 Å². The van der Waals surface area contributed by atoms with Gasteiger partial charge >= 0.3 is 23.9 Å². The number of carbonyl (C=O) groups is 4. The van der Waals surface area contributed by atoms with Crippen LogP contribution in [0, 0.1) is 0 Å². The average molecular weight is 1140 g/mol. The Kier molecular flexibility index (Phi) is 51.7. The monoisotopic (exact) mass is 1130 g/mol. The van der Waals surface area contributed by atoms with Crippen LogP contribution in [0.1, 0.15) is 265 Å². The molecule has 1 saturated heterocycles. The number of esters is 3. The molecule has 0 aromatic heterocycles. The Hall–Kier alpha value is -4.36. The van der Waals surface area contributed by atoms with Gasteiger partial charge in [-0.1, -0.05) is 234 Å². The van der Waals surface area contributed by atoms with Crippen LogP contribution in [0.3, 0.4) is 0 Å². The highest BCUT2D eigenvalue weighted by atomic mass is 16.7. The highest BCUT2D eigenvalue weighted by Crippen LogP contribution is 2.26. The minimum atomic E-state index is -1.93. The standard InChI is InChI=1S/C69H114O12/c1-4-7-10-13-16-19-22-25-27-29-31-33-35-38-40-43-46-49-52-55-61(70)77-58-60(79-62(71)56-53-50-47-44-42-39-36-34-32-30-28-26-23-20-17-14-11-8-5-2)59-78-69-67(65(74)64(73)66(81-69)68(75)76)80-63(72)57-54-51-48-45-41-37-24-21-18-15-12-9-6-3/h9,12,16,18-19,21,25-28,31,33,37,41,48,51,60,64-67,69,73-74H,4-8,10-11,13-15,17,20,22-24,29-30,32,34-36,38-40,42-47,49-50,52-59H2,1-3H3,(H,75,76)/b12-9-,19-16-,21-18-,27-25-,28-26-,33-31-,41-37-,51-48-. The molecule has 0 spiro atoms. The van der Waals surface area contributed by atoms with E-state index in [4.69, 9.17) is 23.7 Å². The van der Waals surface area contributed by atoms with Gasteiger partial charge in [0.2, 0.25) is 0 Å². The number of hydrogen-bond donors (Lipinski definition) is 3. The molecule has 3 N–H and O–H groups in total. The summed E-state index contributed by atoms with van der Waals surface area (Å²) in [5.74, 6) is -3.24. The van der Waals surface area contributed by atoms with Crippen molar-refractivity contribution < 1.29 is 58.2 Å². The van der Waals surface area contributed by atoms with E-state index in [1.165, 1.54) is 96.3 Å². The van der Waals surface area contributed by atoms with Crippen molar-refractivity contribution in [2.45, 2.75) is 302 Å². The van der Waals surface area contributed by atoms with Crippen LogP contribution < -0.4 is 0 Å². The molecule has 0 aliphatic carbocycles. The van der Waals surface area contributed by atoms with Gasteiger partial charge in [-0.15, -0.1) is 0 Å². The summed E-state index contributed by atoms with van der Waals surface area (Å²) in [6.07, 6.45) is 62.4. The quantitative estimate of drug-likeness (QED) is 0.0228. The number of unbranched alkanes of at least 4 members (excludes halogenated alkanes) is 24. The molecule has 12 nitrogen and oxygen atoms in total. The van der Waals surface area contributed by atoms with Crippen molar-refractivity contribution >= 4 is 23.9 Å². The first-order valence-corrected chi connectivity index (χ1v) is 32.2. The molecule has 0 radical (unpaired) electrons. The number of aliphatic hydroxyl groups is 2. The summed E-state index contributed by atoms with van der Waals surface area (Å²) in [5.41, 5.74) is 0. The van der Waals surface area contributed by atoms with Gasteiger partial charge in [-0.05, 0) is 109 Å². The first-order valence-electron chi connectivity index (χ1n) is 32.2. The van der Waals surface area contributed by atoms with E-state index in [1.807, 2.05) is 18.2 Å². The maximum Gasteiger partial charge on any atom is 0.335 e. The van der Waals surface area contributed by atoms with Gasteiger partial charge < -0.3 is 39.0 Å². The molecule has 81 heavy (non-hydrogen) atoms. The molecule has 0 aromatic rings. The molecule has 0 amide bonds. The third kappa shape index (κ3) is 45.8. The lowest BCUT2D eigenvalue weighted by molar-refractivity contribution is -0.301. The Morgan fingerprint density at radius 3 is 1.27 bits per heavy atom. The van der Waals surface area contributed by atoms with Crippen molar-refractivity contribution in [3.8, 4) is 0 Å². The number of ether oxygens (including phenoxy) is 5.